The lowest BCUT2D eigenvalue weighted by atomic mass is 9.98. The van der Waals surface area contributed by atoms with Crippen LogP contribution in [0.4, 0.5) is 0 Å². The molecule has 0 unspecified atom stereocenters. The predicted octanol–water partition coefficient (Wildman–Crippen LogP) is 1.41. The van der Waals surface area contributed by atoms with Crippen molar-refractivity contribution >= 4 is 5.97 Å². The van der Waals surface area contributed by atoms with Crippen LogP contribution in [0.2, 0.25) is 0 Å². The summed E-state index contributed by atoms with van der Waals surface area (Å²) in [5.74, 6) is -0.325. The molecule has 0 aliphatic heterocycles. The van der Waals surface area contributed by atoms with E-state index in [0.29, 0.717) is 12.8 Å². The lowest BCUT2D eigenvalue weighted by Crippen LogP contribution is -2.19. The van der Waals surface area contributed by atoms with Crippen LogP contribution >= 0.6 is 0 Å². The van der Waals surface area contributed by atoms with Gasteiger partial charge in [-0.15, -0.1) is 0 Å². The lowest BCUT2D eigenvalue weighted by Gasteiger charge is -2.20. The summed E-state index contributed by atoms with van der Waals surface area (Å²) in [4.78, 5) is 10.7. The third kappa shape index (κ3) is 9.95. The standard InChI is InChI=1S/C9H14O2.C6H14O3/c1-2-9(10)11-8-6-4-3-5-7-8;7-3-1-2-6(4-8)5-9/h2,8H,1,3-7H2;6-9H,1-5H2. The fraction of sp³-hybridized carbons (Fsp3) is 0.800. The van der Waals surface area contributed by atoms with E-state index in [2.05, 4.69) is 6.58 Å². The number of carbonyl (C=O) groups excluding carboxylic acids is 1. The van der Waals surface area contributed by atoms with Crippen molar-refractivity contribution in [2.24, 2.45) is 5.92 Å². The van der Waals surface area contributed by atoms with Gasteiger partial charge in [0.15, 0.2) is 0 Å². The van der Waals surface area contributed by atoms with Gasteiger partial charge in [0, 0.05) is 31.8 Å². The zero-order chi connectivity index (χ0) is 15.2. The van der Waals surface area contributed by atoms with Gasteiger partial charge in [-0.05, 0) is 38.5 Å². The van der Waals surface area contributed by atoms with Gasteiger partial charge >= 0.3 is 5.97 Å². The molecule has 0 bridgehead atoms. The Labute approximate surface area is 121 Å². The average Bonchev–Trinajstić information content (AvgIpc) is 2.50. The van der Waals surface area contributed by atoms with Gasteiger partial charge in [-0.1, -0.05) is 13.0 Å². The maximum atomic E-state index is 10.7. The van der Waals surface area contributed by atoms with Crippen molar-refractivity contribution in [3.8, 4) is 0 Å². The molecule has 1 aliphatic carbocycles. The predicted molar refractivity (Wildman–Crippen MR) is 77.1 cm³/mol. The van der Waals surface area contributed by atoms with Gasteiger partial charge in [0.25, 0.3) is 0 Å². The molecule has 0 aromatic rings. The third-order valence-corrected chi connectivity index (χ3v) is 3.29. The Bertz CT molecular complexity index is 245. The minimum atomic E-state index is -0.281. The highest BCUT2D eigenvalue weighted by Gasteiger charge is 2.15. The summed E-state index contributed by atoms with van der Waals surface area (Å²) in [6, 6.07) is 0. The second kappa shape index (κ2) is 13.1. The average molecular weight is 288 g/mol. The highest BCUT2D eigenvalue weighted by atomic mass is 16.5. The molecule has 0 heterocycles. The number of carbonyl (C=O) groups is 1. The van der Waals surface area contributed by atoms with Crippen LogP contribution in [0.3, 0.4) is 0 Å². The molecule has 1 fully saturated rings. The van der Waals surface area contributed by atoms with E-state index < -0.39 is 0 Å². The van der Waals surface area contributed by atoms with E-state index >= 15 is 0 Å². The zero-order valence-electron chi connectivity index (χ0n) is 12.2. The van der Waals surface area contributed by atoms with Crippen LogP contribution in [-0.2, 0) is 9.53 Å². The quantitative estimate of drug-likeness (QED) is 0.487. The van der Waals surface area contributed by atoms with Crippen molar-refractivity contribution in [2.45, 2.75) is 51.0 Å². The van der Waals surface area contributed by atoms with E-state index in [-0.39, 0.29) is 37.8 Å². The second-order valence-electron chi connectivity index (χ2n) is 5.00. The Hall–Kier alpha value is -0.910. The van der Waals surface area contributed by atoms with Crippen molar-refractivity contribution in [1.29, 1.82) is 0 Å². The first-order valence-electron chi connectivity index (χ1n) is 7.33. The summed E-state index contributed by atoms with van der Waals surface area (Å²) < 4.78 is 5.08. The number of ether oxygens (including phenoxy) is 1. The highest BCUT2D eigenvalue weighted by molar-refractivity contribution is 5.81. The fourth-order valence-electron chi connectivity index (χ4n) is 2.02. The summed E-state index contributed by atoms with van der Waals surface area (Å²) in [5, 5.41) is 25.4. The molecule has 0 aromatic carbocycles. The monoisotopic (exact) mass is 288 g/mol. The van der Waals surface area contributed by atoms with Gasteiger partial charge in [0.1, 0.15) is 6.10 Å². The van der Waals surface area contributed by atoms with Crippen molar-refractivity contribution < 1.29 is 24.9 Å². The maximum Gasteiger partial charge on any atom is 0.330 e. The van der Waals surface area contributed by atoms with Gasteiger partial charge in [-0.3, -0.25) is 0 Å². The maximum absolute atomic E-state index is 10.7. The fourth-order valence-corrected chi connectivity index (χ4v) is 2.02. The van der Waals surface area contributed by atoms with Gasteiger partial charge in [-0.25, -0.2) is 4.79 Å². The Morgan fingerprint density at radius 3 is 2.25 bits per heavy atom. The summed E-state index contributed by atoms with van der Waals surface area (Å²) in [5.41, 5.74) is 0. The molecule has 118 valence electrons. The van der Waals surface area contributed by atoms with Crippen molar-refractivity contribution in [2.75, 3.05) is 19.8 Å². The van der Waals surface area contributed by atoms with Crippen molar-refractivity contribution in [3.05, 3.63) is 12.7 Å². The second-order valence-corrected chi connectivity index (χ2v) is 5.00. The van der Waals surface area contributed by atoms with E-state index in [4.69, 9.17) is 20.1 Å². The molecule has 0 saturated heterocycles. The third-order valence-electron chi connectivity index (χ3n) is 3.29. The summed E-state index contributed by atoms with van der Waals surface area (Å²) in [6.07, 6.45) is 8.46. The number of esters is 1. The summed E-state index contributed by atoms with van der Waals surface area (Å²) in [6.45, 7) is 3.51. The van der Waals surface area contributed by atoms with Crippen LogP contribution in [0.1, 0.15) is 44.9 Å². The van der Waals surface area contributed by atoms with E-state index in [1.54, 1.807) is 0 Å². The van der Waals surface area contributed by atoms with Gasteiger partial charge in [-0.2, -0.15) is 0 Å². The summed E-state index contributed by atoms with van der Waals surface area (Å²) in [7, 11) is 0. The van der Waals surface area contributed by atoms with Crippen molar-refractivity contribution in [3.63, 3.8) is 0 Å². The molecule has 0 atom stereocenters. The number of rotatable bonds is 7. The normalized spacial score (nSPS) is 15.4. The molecule has 0 radical (unpaired) electrons. The van der Waals surface area contributed by atoms with Gasteiger partial charge in [0.05, 0.1) is 0 Å². The molecule has 1 saturated carbocycles. The van der Waals surface area contributed by atoms with Crippen LogP contribution < -0.4 is 0 Å². The largest absolute Gasteiger partial charge is 0.459 e. The molecule has 1 rings (SSSR count). The topological polar surface area (TPSA) is 87.0 Å². The highest BCUT2D eigenvalue weighted by Crippen LogP contribution is 2.20. The van der Waals surface area contributed by atoms with Gasteiger partial charge in [0.2, 0.25) is 0 Å². The Kier molecular flexibility index (Phi) is 12.5. The van der Waals surface area contributed by atoms with Crippen LogP contribution in [0.5, 0.6) is 0 Å². The van der Waals surface area contributed by atoms with E-state index in [0.717, 1.165) is 12.8 Å². The molecular weight excluding hydrogens is 260 g/mol. The molecule has 5 nitrogen and oxygen atoms in total. The first kappa shape index (κ1) is 19.1. The molecular formula is C15H28O5. The van der Waals surface area contributed by atoms with Crippen LogP contribution in [0.25, 0.3) is 0 Å². The number of aliphatic hydroxyl groups is 3. The minimum absolute atomic E-state index is 0.0104. The minimum Gasteiger partial charge on any atom is -0.459 e. The molecule has 0 amide bonds. The van der Waals surface area contributed by atoms with E-state index in [9.17, 15) is 4.79 Å². The van der Waals surface area contributed by atoms with E-state index in [1.807, 2.05) is 0 Å². The summed E-state index contributed by atoms with van der Waals surface area (Å²) >= 11 is 0. The van der Waals surface area contributed by atoms with Crippen LogP contribution in [0.15, 0.2) is 12.7 Å². The zero-order valence-corrected chi connectivity index (χ0v) is 12.2. The Morgan fingerprint density at radius 1 is 1.20 bits per heavy atom. The van der Waals surface area contributed by atoms with Crippen LogP contribution in [0, 0.1) is 5.92 Å². The van der Waals surface area contributed by atoms with Gasteiger partial charge < -0.3 is 20.1 Å². The molecule has 5 heteroatoms. The molecule has 1 aliphatic rings. The van der Waals surface area contributed by atoms with E-state index in [1.165, 1.54) is 25.3 Å². The Balaban J connectivity index is 0.000000370. The number of hydrogen-bond acceptors (Lipinski definition) is 5. The van der Waals surface area contributed by atoms with Crippen LogP contribution in [-0.4, -0.2) is 47.2 Å². The smallest absolute Gasteiger partial charge is 0.330 e. The molecule has 3 N–H and O–H groups in total. The Morgan fingerprint density at radius 2 is 1.80 bits per heavy atom. The first-order chi connectivity index (χ1) is 9.67. The SMILES string of the molecule is C=CC(=O)OC1CCCCC1.OCCCC(CO)CO. The molecule has 0 spiro atoms. The number of aliphatic hydroxyl groups excluding tert-OH is 3. The first-order valence-corrected chi connectivity index (χ1v) is 7.33. The lowest BCUT2D eigenvalue weighted by molar-refractivity contribution is -0.144. The van der Waals surface area contributed by atoms with Crippen molar-refractivity contribution in [1.82, 2.24) is 0 Å². The number of hydrogen-bond donors (Lipinski definition) is 3. The molecule has 20 heavy (non-hydrogen) atoms. The molecule has 0 aromatic heterocycles.